The molecule has 1 aliphatic heterocycles. The molecule has 0 spiro atoms. The Morgan fingerprint density at radius 2 is 2.10 bits per heavy atom. The normalized spacial score (nSPS) is 25.6. The summed E-state index contributed by atoms with van der Waals surface area (Å²) in [6.07, 6.45) is 5.40. The predicted molar refractivity (Wildman–Crippen MR) is 77.7 cm³/mol. The Morgan fingerprint density at radius 3 is 2.86 bits per heavy atom. The molecular weight excluding hydrogens is 270 g/mol. The van der Waals surface area contributed by atoms with Gasteiger partial charge >= 0.3 is 5.97 Å². The molecule has 0 saturated heterocycles. The highest BCUT2D eigenvalue weighted by molar-refractivity contribution is 5.96. The summed E-state index contributed by atoms with van der Waals surface area (Å²) < 4.78 is 5.20. The summed E-state index contributed by atoms with van der Waals surface area (Å²) in [7, 11) is 0. The van der Waals surface area contributed by atoms with E-state index in [0.29, 0.717) is 12.1 Å². The third kappa shape index (κ3) is 3.62. The summed E-state index contributed by atoms with van der Waals surface area (Å²) in [5.74, 6) is -1.94. The summed E-state index contributed by atoms with van der Waals surface area (Å²) in [6, 6.07) is 0. The van der Waals surface area contributed by atoms with Crippen LogP contribution in [0.15, 0.2) is 41.6 Å². The fraction of sp³-hybridized carbons (Fsp3) is 0.375. The van der Waals surface area contributed by atoms with Gasteiger partial charge in [-0.3, -0.25) is 19.4 Å². The van der Waals surface area contributed by atoms with Crippen LogP contribution in [0.4, 0.5) is 0 Å². The van der Waals surface area contributed by atoms with Crippen LogP contribution in [-0.4, -0.2) is 30.3 Å². The predicted octanol–water partition coefficient (Wildman–Crippen LogP) is 1.79. The van der Waals surface area contributed by atoms with E-state index in [1.54, 1.807) is 18.4 Å². The van der Waals surface area contributed by atoms with Crippen molar-refractivity contribution in [2.24, 2.45) is 16.8 Å². The first-order valence-electron chi connectivity index (χ1n) is 6.78. The van der Waals surface area contributed by atoms with Gasteiger partial charge in [-0.05, 0) is 11.6 Å². The highest BCUT2D eigenvalue weighted by Gasteiger charge is 2.32. The molecule has 1 fully saturated rings. The Hall–Kier alpha value is -2.30. The maximum absolute atomic E-state index is 12.2. The van der Waals surface area contributed by atoms with Crippen molar-refractivity contribution in [2.45, 2.75) is 19.3 Å². The highest BCUT2D eigenvalue weighted by Crippen LogP contribution is 2.26. The molecule has 0 aromatic rings. The van der Waals surface area contributed by atoms with Crippen LogP contribution in [0.5, 0.6) is 0 Å². The van der Waals surface area contributed by atoms with Crippen molar-refractivity contribution >= 4 is 23.8 Å². The van der Waals surface area contributed by atoms with Crippen LogP contribution in [0.2, 0.25) is 0 Å². The third-order valence-electron chi connectivity index (χ3n) is 3.57. The number of rotatable bonds is 3. The van der Waals surface area contributed by atoms with Gasteiger partial charge in [0.15, 0.2) is 0 Å². The standard InChI is InChI=1S/C16H17NO4/c1-10-9-17-7-3-4-13(10)16(20)21-11(2)14-8-12(18)5-6-15(14)19/h3-4,7,13-14H,1-2,5-6,8-9H2. The lowest BCUT2D eigenvalue weighted by molar-refractivity contribution is -0.144. The van der Waals surface area contributed by atoms with Crippen molar-refractivity contribution in [1.29, 1.82) is 0 Å². The van der Waals surface area contributed by atoms with Gasteiger partial charge < -0.3 is 4.74 Å². The van der Waals surface area contributed by atoms with E-state index in [-0.39, 0.29) is 36.6 Å². The topological polar surface area (TPSA) is 72.8 Å². The van der Waals surface area contributed by atoms with E-state index in [0.717, 1.165) is 0 Å². The van der Waals surface area contributed by atoms with Gasteiger partial charge in [-0.25, -0.2) is 0 Å². The average Bonchev–Trinajstić information content (AvgIpc) is 2.66. The van der Waals surface area contributed by atoms with Crippen molar-refractivity contribution in [3.8, 4) is 0 Å². The Labute approximate surface area is 123 Å². The summed E-state index contributed by atoms with van der Waals surface area (Å²) in [5, 5.41) is 0. The molecule has 2 aliphatic rings. The van der Waals surface area contributed by atoms with Crippen molar-refractivity contribution in [3.05, 3.63) is 36.6 Å². The number of hydrogen-bond donors (Lipinski definition) is 0. The summed E-state index contributed by atoms with van der Waals surface area (Å²) >= 11 is 0. The van der Waals surface area contributed by atoms with E-state index >= 15 is 0 Å². The molecule has 1 heterocycles. The van der Waals surface area contributed by atoms with E-state index in [1.807, 2.05) is 0 Å². The highest BCUT2D eigenvalue weighted by atomic mass is 16.5. The van der Waals surface area contributed by atoms with Crippen LogP contribution >= 0.6 is 0 Å². The number of nitrogens with zero attached hydrogens (tertiary/aromatic N) is 1. The molecule has 2 atom stereocenters. The zero-order valence-corrected chi connectivity index (χ0v) is 11.7. The molecule has 5 heteroatoms. The lowest BCUT2D eigenvalue weighted by atomic mass is 9.86. The Bertz CT molecular complexity index is 571. The molecule has 0 aromatic heterocycles. The zero-order valence-electron chi connectivity index (χ0n) is 11.7. The van der Waals surface area contributed by atoms with E-state index in [1.165, 1.54) is 0 Å². The zero-order chi connectivity index (χ0) is 15.4. The quantitative estimate of drug-likeness (QED) is 0.450. The second-order valence-corrected chi connectivity index (χ2v) is 5.16. The molecule has 5 nitrogen and oxygen atoms in total. The van der Waals surface area contributed by atoms with Gasteiger partial charge in [-0.15, -0.1) is 0 Å². The largest absolute Gasteiger partial charge is 0.430 e. The van der Waals surface area contributed by atoms with Gasteiger partial charge in [0, 0.05) is 25.5 Å². The Morgan fingerprint density at radius 1 is 1.33 bits per heavy atom. The number of aliphatic imine (C=N–C) groups is 1. The molecule has 21 heavy (non-hydrogen) atoms. The molecule has 0 bridgehead atoms. The molecule has 1 aliphatic carbocycles. The van der Waals surface area contributed by atoms with Gasteiger partial charge in [-0.2, -0.15) is 0 Å². The van der Waals surface area contributed by atoms with Gasteiger partial charge in [0.1, 0.15) is 17.3 Å². The minimum absolute atomic E-state index is 0.0102. The molecule has 2 unspecified atom stereocenters. The molecule has 110 valence electrons. The first kappa shape index (κ1) is 15.1. The maximum Gasteiger partial charge on any atom is 0.322 e. The van der Waals surface area contributed by atoms with Crippen LogP contribution in [0.3, 0.4) is 0 Å². The van der Waals surface area contributed by atoms with Crippen LogP contribution in [0.1, 0.15) is 19.3 Å². The van der Waals surface area contributed by atoms with E-state index in [2.05, 4.69) is 18.2 Å². The minimum Gasteiger partial charge on any atom is -0.430 e. The van der Waals surface area contributed by atoms with Crippen LogP contribution < -0.4 is 0 Å². The minimum atomic E-state index is -0.713. The number of allylic oxidation sites excluding steroid dienone is 2. The summed E-state index contributed by atoms with van der Waals surface area (Å²) in [6.45, 7) is 7.80. The number of carbonyl (C=O) groups is 3. The van der Waals surface area contributed by atoms with Crippen molar-refractivity contribution in [3.63, 3.8) is 0 Å². The molecule has 0 aromatic carbocycles. The molecule has 0 radical (unpaired) electrons. The first-order valence-corrected chi connectivity index (χ1v) is 6.78. The van der Waals surface area contributed by atoms with E-state index in [4.69, 9.17) is 4.74 Å². The Kier molecular flexibility index (Phi) is 4.62. The SMILES string of the molecule is C=C1CN=CC=CC1C(=O)OC(=C)C1CC(=O)CCC1=O. The number of ether oxygens (including phenoxy) is 1. The Balaban J connectivity index is 2.01. The lowest BCUT2D eigenvalue weighted by Gasteiger charge is -2.22. The van der Waals surface area contributed by atoms with Gasteiger partial charge in [0.25, 0.3) is 0 Å². The number of carbonyl (C=O) groups excluding carboxylic acids is 3. The second kappa shape index (κ2) is 6.43. The third-order valence-corrected chi connectivity index (χ3v) is 3.57. The number of hydrogen-bond acceptors (Lipinski definition) is 5. The fourth-order valence-electron chi connectivity index (χ4n) is 2.31. The smallest absolute Gasteiger partial charge is 0.322 e. The molecular formula is C16H17NO4. The van der Waals surface area contributed by atoms with Gasteiger partial charge in [0.05, 0.1) is 18.4 Å². The van der Waals surface area contributed by atoms with Crippen molar-refractivity contribution in [1.82, 2.24) is 0 Å². The average molecular weight is 287 g/mol. The second-order valence-electron chi connectivity index (χ2n) is 5.16. The van der Waals surface area contributed by atoms with Crippen molar-refractivity contribution in [2.75, 3.05) is 6.54 Å². The van der Waals surface area contributed by atoms with Crippen molar-refractivity contribution < 1.29 is 19.1 Å². The first-order chi connectivity index (χ1) is 9.99. The lowest BCUT2D eigenvalue weighted by Crippen LogP contribution is -2.29. The monoisotopic (exact) mass is 287 g/mol. The molecule has 1 saturated carbocycles. The van der Waals surface area contributed by atoms with Crippen LogP contribution in [-0.2, 0) is 19.1 Å². The van der Waals surface area contributed by atoms with Gasteiger partial charge in [-0.1, -0.05) is 19.2 Å². The number of ketones is 2. The maximum atomic E-state index is 12.2. The number of esters is 1. The van der Waals surface area contributed by atoms with E-state index in [9.17, 15) is 14.4 Å². The van der Waals surface area contributed by atoms with Crippen LogP contribution in [0.25, 0.3) is 0 Å². The van der Waals surface area contributed by atoms with Crippen LogP contribution in [0, 0.1) is 11.8 Å². The van der Waals surface area contributed by atoms with E-state index < -0.39 is 17.8 Å². The fourth-order valence-corrected chi connectivity index (χ4v) is 2.31. The summed E-state index contributed by atoms with van der Waals surface area (Å²) in [5.41, 5.74) is 0.615. The van der Waals surface area contributed by atoms with Gasteiger partial charge in [0.2, 0.25) is 0 Å². The number of Topliss-reactive ketones (excluding diaryl/α,β-unsaturated/α-hetero) is 2. The summed E-state index contributed by atoms with van der Waals surface area (Å²) in [4.78, 5) is 39.4. The molecule has 2 rings (SSSR count). The molecule has 0 amide bonds. The molecule has 0 N–H and O–H groups in total.